The molecule has 0 aliphatic rings. The lowest BCUT2D eigenvalue weighted by atomic mass is 10.0. The Balaban J connectivity index is 2.37. The molecule has 26 heteroatoms. The second kappa shape index (κ2) is 27.4. The van der Waals surface area contributed by atoms with Crippen LogP contribution >= 0.6 is 0 Å². The second-order valence-corrected chi connectivity index (χ2v) is 15.7. The number of aliphatic carboxylic acids is 1. The van der Waals surface area contributed by atoms with Crippen molar-refractivity contribution in [3.05, 3.63) is 75.8 Å². The number of carbonyl (C=O) groups excluding carboxylic acids is 9. The van der Waals surface area contributed by atoms with E-state index >= 15 is 0 Å². The van der Waals surface area contributed by atoms with Gasteiger partial charge < -0.3 is 65.0 Å². The first-order chi connectivity index (χ1) is 31.5. The summed E-state index contributed by atoms with van der Waals surface area (Å²) in [6.45, 7) is 3.22. The number of nitrogens with one attached hydrogen (secondary N) is 7. The number of carboxylic acid groups (broad SMARTS) is 1. The van der Waals surface area contributed by atoms with E-state index in [1.165, 1.54) is 38.1 Å². The number of phenols is 1. The fraction of sp³-hybridized carbons (Fsp3) is 0.463. The molecule has 2 aromatic rings. The molecule has 0 bridgehead atoms. The normalized spacial score (nSPS) is 14.0. The van der Waals surface area contributed by atoms with Gasteiger partial charge in [-0.15, -0.1) is 5.43 Å². The number of unbranched alkanes of at least 4 members (excludes halogenated alkanes) is 1. The van der Waals surface area contributed by atoms with Gasteiger partial charge in [-0.3, -0.25) is 43.2 Å². The monoisotopic (exact) mass is 942 g/mol. The number of hydrogen-bond acceptors (Lipinski definition) is 14. The van der Waals surface area contributed by atoms with Crippen LogP contribution in [0.25, 0.3) is 0 Å². The molecule has 0 saturated carbocycles. The number of nitrogens with two attached hydrogens (primary N) is 4. The van der Waals surface area contributed by atoms with Gasteiger partial charge in [-0.1, -0.05) is 56.3 Å². The van der Waals surface area contributed by atoms with Crippen molar-refractivity contribution in [1.82, 2.24) is 37.3 Å². The Morgan fingerprint density at radius 2 is 0.970 bits per heavy atom. The molecule has 0 aliphatic heterocycles. The summed E-state index contributed by atoms with van der Waals surface area (Å²) in [4.78, 5) is 141. The van der Waals surface area contributed by atoms with Crippen molar-refractivity contribution in [2.24, 2.45) is 28.9 Å². The van der Waals surface area contributed by atoms with Crippen molar-refractivity contribution < 1.29 is 63.2 Å². The zero-order valence-corrected chi connectivity index (χ0v) is 36.7. The van der Waals surface area contributed by atoms with E-state index in [9.17, 15) is 68.3 Å². The summed E-state index contributed by atoms with van der Waals surface area (Å²) in [6.07, 6.45) is -2.43. The number of hydrogen-bond donors (Lipinski definition) is 13. The van der Waals surface area contributed by atoms with Crippen LogP contribution in [0.4, 0.5) is 0 Å². The van der Waals surface area contributed by atoms with Crippen molar-refractivity contribution in [2.75, 3.05) is 6.54 Å². The standard InChI is InChI=1S/C41H58N12O14/c1-21(2)34(51-39(62)30(52-53(66)67)17-23-11-13-24(54)14-12-23)40(63)50-29(20-33(45)57)38(61)49-28(19-32(44)56)37(60)48-27(18-31(43)55)36(59)47-26(16-22-8-4-3-5-9-22)35(58)46-25(41(64)65)10-6-7-15-42/h3-5,8-9,11-14,21,25-30,34,52,54H,6-7,10,15-20,42H2,1-2H3,(H2,43,55)(H2,44,56)(H2,45,57)(H,46,58)(H,47,59)(H,48,60)(H,49,61)(H,50,63)(H,51,62)(H,64,65)/t25-,26-,27-,28-,29-,30-,34-/m0/s1. The summed E-state index contributed by atoms with van der Waals surface area (Å²) >= 11 is 0. The molecule has 0 spiro atoms. The number of amides is 9. The zero-order valence-electron chi connectivity index (χ0n) is 36.7. The van der Waals surface area contributed by atoms with Crippen LogP contribution in [-0.2, 0) is 60.8 Å². The number of rotatable bonds is 30. The molecule has 0 unspecified atom stereocenters. The van der Waals surface area contributed by atoms with E-state index in [2.05, 4.69) is 31.9 Å². The molecule has 0 aliphatic carbocycles. The molecular weight excluding hydrogens is 885 g/mol. The SMILES string of the molecule is CC(C)[C@H](NC(=O)[C@H](Cc1ccc(O)cc1)N[N+](=O)[O-])C(=O)N[C@@H](CC(N)=O)C(=O)N[C@@H](CC(N)=O)C(=O)N[C@@H](CC(N)=O)C(=O)N[C@@H](Cc1ccccc1)C(=O)N[C@@H](CCCCN)C(=O)O. The fourth-order valence-corrected chi connectivity index (χ4v) is 6.37. The number of nitro groups is 1. The summed E-state index contributed by atoms with van der Waals surface area (Å²) in [5.41, 5.74) is 24.4. The minimum atomic E-state index is -1.97. The largest absolute Gasteiger partial charge is 0.508 e. The Labute approximate surface area is 383 Å². The van der Waals surface area contributed by atoms with Gasteiger partial charge in [0.15, 0.2) is 11.1 Å². The molecule has 2 aromatic carbocycles. The Morgan fingerprint density at radius 3 is 1.40 bits per heavy atom. The molecule has 7 atom stereocenters. The van der Waals surface area contributed by atoms with Gasteiger partial charge in [0.2, 0.25) is 53.2 Å². The van der Waals surface area contributed by atoms with Gasteiger partial charge in [0, 0.05) is 12.8 Å². The van der Waals surface area contributed by atoms with Gasteiger partial charge in [-0.05, 0) is 55.0 Å². The smallest absolute Gasteiger partial charge is 0.326 e. The van der Waals surface area contributed by atoms with E-state index < -0.39 is 132 Å². The lowest BCUT2D eigenvalue weighted by Crippen LogP contribution is -2.61. The first-order valence-corrected chi connectivity index (χ1v) is 20.8. The van der Waals surface area contributed by atoms with Crippen LogP contribution < -0.4 is 60.3 Å². The van der Waals surface area contributed by atoms with Crippen molar-refractivity contribution in [2.45, 2.75) is 108 Å². The number of primary amides is 3. The fourth-order valence-electron chi connectivity index (χ4n) is 6.37. The van der Waals surface area contributed by atoms with E-state index in [1.54, 1.807) is 30.3 Å². The maximum absolute atomic E-state index is 13.8. The first-order valence-electron chi connectivity index (χ1n) is 20.8. The maximum atomic E-state index is 13.8. The molecule has 366 valence electrons. The van der Waals surface area contributed by atoms with Gasteiger partial charge in [0.05, 0.1) is 19.3 Å². The quantitative estimate of drug-likeness (QED) is 0.0200. The van der Waals surface area contributed by atoms with Gasteiger partial charge in [-0.2, -0.15) is 0 Å². The number of nitrogens with zero attached hydrogens (tertiary/aromatic N) is 1. The molecule has 0 aromatic heterocycles. The van der Waals surface area contributed by atoms with Crippen LogP contribution in [0.2, 0.25) is 0 Å². The van der Waals surface area contributed by atoms with Crippen LogP contribution in [0, 0.1) is 16.0 Å². The lowest BCUT2D eigenvalue weighted by molar-refractivity contribution is -0.548. The number of benzene rings is 2. The molecule has 0 fully saturated rings. The third kappa shape index (κ3) is 20.2. The third-order valence-corrected chi connectivity index (χ3v) is 9.79. The molecule has 0 saturated heterocycles. The molecule has 9 amide bonds. The van der Waals surface area contributed by atoms with Gasteiger partial charge in [0.1, 0.15) is 42.0 Å². The summed E-state index contributed by atoms with van der Waals surface area (Å²) in [5, 5.41) is 43.4. The molecule has 2 rings (SSSR count). The molecule has 26 nitrogen and oxygen atoms in total. The highest BCUT2D eigenvalue weighted by Crippen LogP contribution is 2.13. The van der Waals surface area contributed by atoms with Crippen molar-refractivity contribution >= 4 is 59.1 Å². The summed E-state index contributed by atoms with van der Waals surface area (Å²) in [7, 11) is 0. The Kier molecular flexibility index (Phi) is 22.6. The van der Waals surface area contributed by atoms with Crippen LogP contribution in [0.15, 0.2) is 54.6 Å². The van der Waals surface area contributed by atoms with Crippen LogP contribution in [0.5, 0.6) is 5.75 Å². The van der Waals surface area contributed by atoms with Crippen molar-refractivity contribution in [1.29, 1.82) is 0 Å². The van der Waals surface area contributed by atoms with Crippen LogP contribution in [0.1, 0.15) is 63.5 Å². The topological polar surface area (TPSA) is 443 Å². The zero-order chi connectivity index (χ0) is 50.4. The summed E-state index contributed by atoms with van der Waals surface area (Å²) < 4.78 is 0. The third-order valence-electron chi connectivity index (χ3n) is 9.79. The Morgan fingerprint density at radius 1 is 0.567 bits per heavy atom. The van der Waals surface area contributed by atoms with Gasteiger partial charge >= 0.3 is 5.97 Å². The summed E-state index contributed by atoms with van der Waals surface area (Å²) in [5.74, 6) is -12.6. The molecule has 0 heterocycles. The number of carboxylic acids is 1. The highest BCUT2D eigenvalue weighted by molar-refractivity contribution is 6.00. The van der Waals surface area contributed by atoms with Crippen molar-refractivity contribution in [3.8, 4) is 5.75 Å². The number of aromatic hydroxyl groups is 1. The molecule has 17 N–H and O–H groups in total. The second-order valence-electron chi connectivity index (χ2n) is 15.7. The lowest BCUT2D eigenvalue weighted by Gasteiger charge is -2.28. The number of hydrazine groups is 1. The van der Waals surface area contributed by atoms with Crippen molar-refractivity contribution in [3.63, 3.8) is 0 Å². The van der Waals surface area contributed by atoms with E-state index in [1.807, 2.05) is 5.43 Å². The predicted molar refractivity (Wildman–Crippen MR) is 234 cm³/mol. The Hall–Kier alpha value is -7.90. The van der Waals surface area contributed by atoms with E-state index in [-0.39, 0.29) is 31.6 Å². The van der Waals surface area contributed by atoms with E-state index in [0.717, 1.165) is 0 Å². The average Bonchev–Trinajstić information content (AvgIpc) is 3.24. The summed E-state index contributed by atoms with van der Waals surface area (Å²) in [6, 6.07) is 1.89. The number of phenolic OH excluding ortho intramolecular Hbond substituents is 1. The van der Waals surface area contributed by atoms with Crippen LogP contribution in [0.3, 0.4) is 0 Å². The van der Waals surface area contributed by atoms with Gasteiger partial charge in [-0.25, -0.2) is 14.9 Å². The highest BCUT2D eigenvalue weighted by atomic mass is 16.7. The van der Waals surface area contributed by atoms with Crippen LogP contribution in [-0.4, -0.2) is 123 Å². The molecular formula is C41H58N12O14. The Bertz CT molecular complexity index is 2090. The van der Waals surface area contributed by atoms with Gasteiger partial charge in [0.25, 0.3) is 0 Å². The first kappa shape index (κ1) is 55.2. The number of carbonyl (C=O) groups is 10. The minimum Gasteiger partial charge on any atom is -0.508 e. The molecule has 0 radical (unpaired) electrons. The minimum absolute atomic E-state index is 0.00358. The average molecular weight is 943 g/mol. The van der Waals surface area contributed by atoms with E-state index in [0.29, 0.717) is 24.0 Å². The predicted octanol–water partition coefficient (Wildman–Crippen LogP) is -4.27. The van der Waals surface area contributed by atoms with E-state index in [4.69, 9.17) is 22.9 Å². The molecule has 67 heavy (non-hydrogen) atoms. The highest BCUT2D eigenvalue weighted by Gasteiger charge is 2.36. The maximum Gasteiger partial charge on any atom is 0.326 e.